The van der Waals surface area contributed by atoms with E-state index in [1.165, 1.54) is 70.3 Å². The molecule has 19 heavy (non-hydrogen) atoms. The van der Waals surface area contributed by atoms with Crippen LogP contribution in [0, 0.1) is 0 Å². The molecule has 0 aromatic carbocycles. The van der Waals surface area contributed by atoms with Gasteiger partial charge < -0.3 is 5.32 Å². The third kappa shape index (κ3) is 14.9. The van der Waals surface area contributed by atoms with Gasteiger partial charge in [-0.05, 0) is 18.9 Å². The van der Waals surface area contributed by atoms with E-state index in [1.54, 1.807) is 6.20 Å². The summed E-state index contributed by atoms with van der Waals surface area (Å²) in [6.45, 7) is 5.66. The van der Waals surface area contributed by atoms with Crippen molar-refractivity contribution in [2.24, 2.45) is 0 Å². The highest BCUT2D eigenvalue weighted by Crippen LogP contribution is 2.11. The Kier molecular flexibility index (Phi) is 14.2. The van der Waals surface area contributed by atoms with Gasteiger partial charge in [0.05, 0.1) is 0 Å². The van der Waals surface area contributed by atoms with Crippen LogP contribution in [0.2, 0.25) is 0 Å². The summed E-state index contributed by atoms with van der Waals surface area (Å²) in [5.41, 5.74) is 0. The molecule has 0 atom stereocenters. The van der Waals surface area contributed by atoms with E-state index >= 15 is 0 Å². The minimum absolute atomic E-state index is 0.140. The van der Waals surface area contributed by atoms with Crippen molar-refractivity contribution in [2.45, 2.75) is 77.6 Å². The van der Waals surface area contributed by atoms with Gasteiger partial charge in [0.2, 0.25) is 5.91 Å². The van der Waals surface area contributed by atoms with Crippen molar-refractivity contribution in [3.8, 4) is 0 Å². The van der Waals surface area contributed by atoms with Crippen molar-refractivity contribution >= 4 is 5.91 Å². The standard InChI is InChI=1S/C17H31NO/c1-3-5-6-7-8-9-10-11-12-13-14-15-16-18-17(19)4-2/h4,15-16H,2-3,5-14H2,1H3,(H,18,19). The molecule has 2 nitrogen and oxygen atoms in total. The van der Waals surface area contributed by atoms with Crippen molar-refractivity contribution in [1.82, 2.24) is 5.32 Å². The lowest BCUT2D eigenvalue weighted by Gasteiger charge is -2.01. The second-order valence-electron chi connectivity index (χ2n) is 5.09. The number of amides is 1. The van der Waals surface area contributed by atoms with Crippen LogP contribution in [0.15, 0.2) is 24.9 Å². The minimum atomic E-state index is -0.140. The number of carbonyl (C=O) groups is 1. The highest BCUT2D eigenvalue weighted by molar-refractivity contribution is 5.87. The van der Waals surface area contributed by atoms with Gasteiger partial charge in [0, 0.05) is 6.20 Å². The zero-order valence-electron chi connectivity index (χ0n) is 12.6. The topological polar surface area (TPSA) is 29.1 Å². The summed E-state index contributed by atoms with van der Waals surface area (Å²) in [5.74, 6) is -0.140. The molecule has 0 heterocycles. The molecule has 1 N–H and O–H groups in total. The molecule has 0 bridgehead atoms. The molecular weight excluding hydrogens is 234 g/mol. The van der Waals surface area contributed by atoms with E-state index in [1.807, 2.05) is 6.08 Å². The van der Waals surface area contributed by atoms with E-state index in [0.717, 1.165) is 6.42 Å². The first-order chi connectivity index (χ1) is 9.31. The lowest BCUT2D eigenvalue weighted by molar-refractivity contribution is -0.115. The molecule has 0 aliphatic carbocycles. The van der Waals surface area contributed by atoms with Crippen LogP contribution in [0.1, 0.15) is 77.6 Å². The van der Waals surface area contributed by atoms with Crippen LogP contribution in [0.5, 0.6) is 0 Å². The van der Waals surface area contributed by atoms with Crippen LogP contribution >= 0.6 is 0 Å². The Hall–Kier alpha value is -1.05. The van der Waals surface area contributed by atoms with Crippen LogP contribution in [-0.2, 0) is 4.79 Å². The van der Waals surface area contributed by atoms with Crippen molar-refractivity contribution in [2.75, 3.05) is 0 Å². The summed E-state index contributed by atoms with van der Waals surface area (Å²) in [7, 11) is 0. The normalized spacial score (nSPS) is 10.8. The van der Waals surface area contributed by atoms with Crippen molar-refractivity contribution < 1.29 is 4.79 Å². The van der Waals surface area contributed by atoms with Crippen molar-refractivity contribution in [3.63, 3.8) is 0 Å². The number of unbranched alkanes of at least 4 members (excludes halogenated alkanes) is 10. The van der Waals surface area contributed by atoms with Gasteiger partial charge in [0.1, 0.15) is 0 Å². The Morgan fingerprint density at radius 1 is 0.947 bits per heavy atom. The predicted octanol–water partition coefficient (Wildman–Crippen LogP) is 5.11. The summed E-state index contributed by atoms with van der Waals surface area (Å²) in [6.07, 6.45) is 19.7. The fourth-order valence-electron chi connectivity index (χ4n) is 2.03. The zero-order chi connectivity index (χ0) is 14.2. The molecule has 0 spiro atoms. The average Bonchev–Trinajstić information content (AvgIpc) is 2.43. The molecule has 0 aliphatic rings. The minimum Gasteiger partial charge on any atom is -0.329 e. The van der Waals surface area contributed by atoms with Gasteiger partial charge in [-0.15, -0.1) is 0 Å². The molecule has 0 unspecified atom stereocenters. The molecule has 0 aromatic rings. The fourth-order valence-corrected chi connectivity index (χ4v) is 2.03. The van der Waals surface area contributed by atoms with Crippen LogP contribution in [0.25, 0.3) is 0 Å². The van der Waals surface area contributed by atoms with Gasteiger partial charge in [-0.25, -0.2) is 0 Å². The Morgan fingerprint density at radius 3 is 2.00 bits per heavy atom. The highest BCUT2D eigenvalue weighted by Gasteiger charge is 1.92. The quantitative estimate of drug-likeness (QED) is 0.364. The van der Waals surface area contributed by atoms with Crippen molar-refractivity contribution in [3.05, 3.63) is 24.9 Å². The van der Waals surface area contributed by atoms with E-state index in [0.29, 0.717) is 0 Å². The van der Waals surface area contributed by atoms with Gasteiger partial charge in [0.25, 0.3) is 0 Å². The summed E-state index contributed by atoms with van der Waals surface area (Å²) < 4.78 is 0. The number of hydrogen-bond donors (Lipinski definition) is 1. The Balaban J connectivity index is 3.10. The third-order valence-corrected chi connectivity index (χ3v) is 3.25. The summed E-state index contributed by atoms with van der Waals surface area (Å²) in [6, 6.07) is 0. The molecular formula is C17H31NO. The Labute approximate surface area is 119 Å². The third-order valence-electron chi connectivity index (χ3n) is 3.25. The summed E-state index contributed by atoms with van der Waals surface area (Å²) in [5, 5.41) is 2.63. The monoisotopic (exact) mass is 265 g/mol. The fraction of sp³-hybridized carbons (Fsp3) is 0.706. The van der Waals surface area contributed by atoms with E-state index in [-0.39, 0.29) is 5.91 Å². The predicted molar refractivity (Wildman–Crippen MR) is 83.9 cm³/mol. The molecule has 110 valence electrons. The average molecular weight is 265 g/mol. The van der Waals surface area contributed by atoms with E-state index < -0.39 is 0 Å². The molecule has 0 fully saturated rings. The zero-order valence-corrected chi connectivity index (χ0v) is 12.6. The molecule has 0 aromatic heterocycles. The maximum atomic E-state index is 10.8. The van der Waals surface area contributed by atoms with E-state index in [2.05, 4.69) is 18.8 Å². The first-order valence-corrected chi connectivity index (χ1v) is 7.89. The molecule has 0 aliphatic heterocycles. The lowest BCUT2D eigenvalue weighted by Crippen LogP contribution is -2.12. The van der Waals surface area contributed by atoms with E-state index in [4.69, 9.17) is 0 Å². The second-order valence-corrected chi connectivity index (χ2v) is 5.09. The van der Waals surface area contributed by atoms with Crippen LogP contribution in [-0.4, -0.2) is 5.91 Å². The van der Waals surface area contributed by atoms with Gasteiger partial charge >= 0.3 is 0 Å². The van der Waals surface area contributed by atoms with Crippen molar-refractivity contribution in [1.29, 1.82) is 0 Å². The SMILES string of the molecule is C=CC(=O)NC=CCCCCCCCCCCCC. The molecule has 1 amide bonds. The molecule has 0 radical (unpaired) electrons. The Bertz CT molecular complexity index is 246. The number of nitrogens with one attached hydrogen (secondary N) is 1. The molecule has 2 heteroatoms. The molecule has 0 saturated heterocycles. The number of hydrogen-bond acceptors (Lipinski definition) is 1. The number of rotatable bonds is 13. The Morgan fingerprint density at radius 2 is 1.47 bits per heavy atom. The summed E-state index contributed by atoms with van der Waals surface area (Å²) in [4.78, 5) is 10.8. The lowest BCUT2D eigenvalue weighted by atomic mass is 10.1. The second kappa shape index (κ2) is 15.0. The van der Waals surface area contributed by atoms with Gasteiger partial charge in [0.15, 0.2) is 0 Å². The van der Waals surface area contributed by atoms with E-state index in [9.17, 15) is 4.79 Å². The maximum Gasteiger partial charge on any atom is 0.247 e. The van der Waals surface area contributed by atoms with Crippen LogP contribution in [0.3, 0.4) is 0 Å². The number of carbonyl (C=O) groups excluding carboxylic acids is 1. The molecule has 0 rings (SSSR count). The smallest absolute Gasteiger partial charge is 0.247 e. The van der Waals surface area contributed by atoms with Crippen LogP contribution in [0.4, 0.5) is 0 Å². The largest absolute Gasteiger partial charge is 0.329 e. The van der Waals surface area contributed by atoms with Gasteiger partial charge in [-0.3, -0.25) is 4.79 Å². The molecule has 0 saturated carbocycles. The summed E-state index contributed by atoms with van der Waals surface area (Å²) >= 11 is 0. The van der Waals surface area contributed by atoms with Gasteiger partial charge in [-0.2, -0.15) is 0 Å². The van der Waals surface area contributed by atoms with Gasteiger partial charge in [-0.1, -0.05) is 77.4 Å². The van der Waals surface area contributed by atoms with Crippen LogP contribution < -0.4 is 5.32 Å². The first-order valence-electron chi connectivity index (χ1n) is 7.89. The first kappa shape index (κ1) is 17.9. The maximum absolute atomic E-state index is 10.8. The highest BCUT2D eigenvalue weighted by atomic mass is 16.1. The number of allylic oxidation sites excluding steroid dienone is 1.